The van der Waals surface area contributed by atoms with Crippen molar-refractivity contribution in [2.24, 2.45) is 0 Å². The number of hydrogen-bond donors (Lipinski definition) is 1. The fourth-order valence-electron chi connectivity index (χ4n) is 6.34. The molecule has 1 fully saturated rings. The number of aromatic nitrogens is 3. The fourth-order valence-corrected chi connectivity index (χ4v) is 7.60. The number of alkyl carbamates (subject to hydrolysis) is 1. The molecule has 1 amide bonds. The molecular formula is C38H38F2N6O6S. The Morgan fingerprint density at radius 1 is 1.02 bits per heavy atom. The average molecular weight is 745 g/mol. The largest absolute Gasteiger partial charge is 0.466 e. The minimum absolute atomic E-state index is 0.0188. The van der Waals surface area contributed by atoms with E-state index in [1.165, 1.54) is 43.9 Å². The second kappa shape index (κ2) is 14.8. The van der Waals surface area contributed by atoms with Gasteiger partial charge in [-0.25, -0.2) is 30.9 Å². The van der Waals surface area contributed by atoms with Crippen LogP contribution in [0, 0.1) is 29.9 Å². The summed E-state index contributed by atoms with van der Waals surface area (Å²) in [6, 6.07) is 12.9. The van der Waals surface area contributed by atoms with E-state index in [0.717, 1.165) is 10.0 Å². The predicted octanol–water partition coefficient (Wildman–Crippen LogP) is 6.94. The van der Waals surface area contributed by atoms with Crippen molar-refractivity contribution in [2.45, 2.75) is 57.1 Å². The number of hydrogen-bond acceptors (Lipinski definition) is 10. The zero-order chi connectivity index (χ0) is 38.1. The number of anilines is 1. The summed E-state index contributed by atoms with van der Waals surface area (Å²) in [6.07, 6.45) is 4.44. The predicted molar refractivity (Wildman–Crippen MR) is 194 cm³/mol. The van der Waals surface area contributed by atoms with Crippen molar-refractivity contribution in [3.8, 4) is 34.1 Å². The van der Waals surface area contributed by atoms with Gasteiger partial charge in [0.15, 0.2) is 12.4 Å². The van der Waals surface area contributed by atoms with Crippen molar-refractivity contribution in [2.75, 3.05) is 31.9 Å². The first-order valence-corrected chi connectivity index (χ1v) is 18.2. The quantitative estimate of drug-likeness (QED) is 0.157. The van der Waals surface area contributed by atoms with Gasteiger partial charge in [0.25, 0.3) is 10.0 Å². The molecule has 12 nitrogen and oxygen atoms in total. The minimum Gasteiger partial charge on any atom is -0.466 e. The van der Waals surface area contributed by atoms with E-state index >= 15 is 0 Å². The summed E-state index contributed by atoms with van der Waals surface area (Å²) in [6.45, 7) is 7.56. The third kappa shape index (κ3) is 7.79. The highest BCUT2D eigenvalue weighted by molar-refractivity contribution is 7.90. The molecule has 0 aliphatic carbocycles. The lowest BCUT2D eigenvalue weighted by Crippen LogP contribution is -2.46. The molecule has 53 heavy (non-hydrogen) atoms. The molecule has 2 aromatic carbocycles. The number of aryl methyl sites for hydroxylation is 1. The zero-order valence-corrected chi connectivity index (χ0v) is 30.6. The molecule has 0 saturated carbocycles. The van der Waals surface area contributed by atoms with Gasteiger partial charge in [0, 0.05) is 73.3 Å². The highest BCUT2D eigenvalue weighted by Gasteiger charge is 2.32. The number of benzene rings is 2. The van der Waals surface area contributed by atoms with Gasteiger partial charge in [-0.15, -0.1) is 0 Å². The van der Waals surface area contributed by atoms with Crippen LogP contribution in [0.1, 0.15) is 44.9 Å². The summed E-state index contributed by atoms with van der Waals surface area (Å²) < 4.78 is 75.9. The van der Waals surface area contributed by atoms with Gasteiger partial charge in [-0.2, -0.15) is 5.26 Å². The Kier molecular flexibility index (Phi) is 10.4. The van der Waals surface area contributed by atoms with Crippen LogP contribution in [0.2, 0.25) is 0 Å². The maximum atomic E-state index is 14.8. The molecule has 6 rings (SSSR count). The molecule has 5 aromatic rings. The number of piperidine rings is 1. The van der Waals surface area contributed by atoms with E-state index in [2.05, 4.69) is 21.4 Å². The van der Waals surface area contributed by atoms with Gasteiger partial charge < -0.3 is 24.4 Å². The summed E-state index contributed by atoms with van der Waals surface area (Å²) >= 11 is 0. The summed E-state index contributed by atoms with van der Waals surface area (Å²) in [4.78, 5) is 23.3. The second-order valence-corrected chi connectivity index (χ2v) is 15.4. The maximum absolute atomic E-state index is 14.8. The van der Waals surface area contributed by atoms with Gasteiger partial charge in [0.2, 0.25) is 0 Å². The zero-order valence-electron chi connectivity index (χ0n) is 29.8. The molecule has 1 aliphatic heterocycles. The Hall–Kier alpha value is -5.59. The Bertz CT molecular complexity index is 2310. The number of carbonyl (C=O) groups is 1. The number of pyridine rings is 2. The molecule has 276 valence electrons. The van der Waals surface area contributed by atoms with E-state index in [4.69, 9.17) is 14.2 Å². The molecule has 0 bridgehead atoms. The summed E-state index contributed by atoms with van der Waals surface area (Å²) in [5.41, 5.74) is 1.74. The van der Waals surface area contributed by atoms with Gasteiger partial charge >= 0.3 is 6.09 Å². The molecule has 0 atom stereocenters. The van der Waals surface area contributed by atoms with Crippen LogP contribution in [-0.2, 0) is 19.5 Å². The number of para-hydroxylation sites is 1. The molecule has 0 spiro atoms. The maximum Gasteiger partial charge on any atom is 0.407 e. The number of fused-ring (bicyclic) bond motifs is 1. The van der Waals surface area contributed by atoms with Crippen molar-refractivity contribution >= 4 is 32.8 Å². The fraction of sp³-hybridized carbons (Fsp3) is 0.316. The smallest absolute Gasteiger partial charge is 0.407 e. The standard InChI is InChI=1S/C38H38F2N6O6S/c1-23-9-10-29(19-42-23)53(48,49)46-21-32(30-8-6-7-24(18-41)35(30)51-22-50-5)33-34(31(20-43-36(33)46)25-15-26(39)17-27(40)16-25)45-13-11-28(12-14-45)44-37(47)52-38(2,3)4/h6-10,15-17,19-21,28H,11-14,22H2,1-5H3,(H,44,47). The lowest BCUT2D eigenvalue weighted by Gasteiger charge is -2.36. The van der Waals surface area contributed by atoms with Crippen molar-refractivity contribution in [1.29, 1.82) is 5.26 Å². The topological polar surface area (TPSA) is 149 Å². The Morgan fingerprint density at radius 3 is 2.36 bits per heavy atom. The van der Waals surface area contributed by atoms with E-state index in [0.29, 0.717) is 59.4 Å². The number of carbonyl (C=O) groups excluding carboxylic acids is 1. The minimum atomic E-state index is -4.33. The van der Waals surface area contributed by atoms with E-state index in [1.54, 1.807) is 52.0 Å². The average Bonchev–Trinajstić information content (AvgIpc) is 3.50. The number of nitrogens with zero attached hydrogens (tertiary/aromatic N) is 5. The first-order chi connectivity index (χ1) is 25.2. The SMILES string of the molecule is COCOc1c(C#N)cccc1-c1cn(S(=O)(=O)c2ccc(C)nc2)c2ncc(-c3cc(F)cc(F)c3)c(N3CCC(NC(=O)OC(C)(C)C)CC3)c12. The van der Waals surface area contributed by atoms with Gasteiger partial charge in [-0.1, -0.05) is 12.1 Å². The van der Waals surface area contributed by atoms with Crippen molar-refractivity contribution in [1.82, 2.24) is 19.3 Å². The highest BCUT2D eigenvalue weighted by atomic mass is 32.2. The number of rotatable bonds is 9. The lowest BCUT2D eigenvalue weighted by molar-refractivity contribution is 0.0496. The van der Waals surface area contributed by atoms with Gasteiger partial charge in [-0.05, 0) is 76.4 Å². The van der Waals surface area contributed by atoms with E-state index in [9.17, 15) is 27.3 Å². The van der Waals surface area contributed by atoms with Crippen LogP contribution in [-0.4, -0.2) is 67.1 Å². The van der Waals surface area contributed by atoms with Crippen molar-refractivity contribution < 1.29 is 36.2 Å². The number of halogens is 2. The van der Waals surface area contributed by atoms with E-state index in [-0.39, 0.29) is 40.3 Å². The van der Waals surface area contributed by atoms with Crippen LogP contribution >= 0.6 is 0 Å². The van der Waals surface area contributed by atoms with Gasteiger partial charge in [0.1, 0.15) is 33.9 Å². The Balaban J connectivity index is 1.62. The van der Waals surface area contributed by atoms with Crippen molar-refractivity contribution in [3.05, 3.63) is 90.0 Å². The number of methoxy groups -OCH3 is 1. The number of amides is 1. The molecule has 15 heteroatoms. The van der Waals surface area contributed by atoms with Crippen LogP contribution < -0.4 is 15.0 Å². The van der Waals surface area contributed by atoms with Gasteiger partial charge in [-0.3, -0.25) is 4.98 Å². The van der Waals surface area contributed by atoms with Crippen LogP contribution in [0.4, 0.5) is 19.3 Å². The molecule has 0 unspecified atom stereocenters. The van der Waals surface area contributed by atoms with Crippen LogP contribution in [0.3, 0.4) is 0 Å². The molecule has 0 radical (unpaired) electrons. The van der Waals surface area contributed by atoms with Crippen LogP contribution in [0.25, 0.3) is 33.3 Å². The third-order valence-electron chi connectivity index (χ3n) is 8.65. The molecule has 4 heterocycles. The number of nitrogens with one attached hydrogen (secondary N) is 1. The summed E-state index contributed by atoms with van der Waals surface area (Å²) in [5, 5.41) is 13.3. The van der Waals surface area contributed by atoms with E-state index in [1.807, 2.05) is 4.90 Å². The summed E-state index contributed by atoms with van der Waals surface area (Å²) in [5.74, 6) is -1.48. The molecule has 1 saturated heterocycles. The summed E-state index contributed by atoms with van der Waals surface area (Å²) in [7, 11) is -2.90. The Morgan fingerprint density at radius 2 is 1.74 bits per heavy atom. The monoisotopic (exact) mass is 744 g/mol. The molecule has 1 aliphatic rings. The normalized spacial score (nSPS) is 13.9. The molecule has 1 N–H and O–H groups in total. The van der Waals surface area contributed by atoms with E-state index < -0.39 is 33.4 Å². The molecule has 3 aromatic heterocycles. The number of nitriles is 1. The highest BCUT2D eigenvalue weighted by Crippen LogP contribution is 2.47. The molecular weight excluding hydrogens is 707 g/mol. The van der Waals surface area contributed by atoms with Gasteiger partial charge in [0.05, 0.1) is 16.6 Å². The third-order valence-corrected chi connectivity index (χ3v) is 10.3. The first-order valence-electron chi connectivity index (χ1n) is 16.8. The second-order valence-electron chi connectivity index (χ2n) is 13.6. The Labute approximate surface area is 306 Å². The van der Waals surface area contributed by atoms with Crippen molar-refractivity contribution in [3.63, 3.8) is 0 Å². The van der Waals surface area contributed by atoms with Crippen LogP contribution in [0.15, 0.2) is 72.0 Å². The number of ether oxygens (including phenoxy) is 3. The lowest BCUT2D eigenvalue weighted by atomic mass is 9.95. The first kappa shape index (κ1) is 37.2. The van der Waals surface area contributed by atoms with Crippen LogP contribution in [0.5, 0.6) is 5.75 Å².